The zero-order chi connectivity index (χ0) is 15.0. The highest BCUT2D eigenvalue weighted by molar-refractivity contribution is 6.33. The molecule has 0 unspecified atom stereocenters. The van der Waals surface area contributed by atoms with Gasteiger partial charge < -0.3 is 0 Å². The summed E-state index contributed by atoms with van der Waals surface area (Å²) in [6.45, 7) is 6.35. The number of rotatable bonds is 2. The molecule has 2 aromatic carbocycles. The molecular weight excluding hydrogens is 280 g/mol. The molecule has 0 fully saturated rings. The highest BCUT2D eigenvalue weighted by atomic mass is 35.5. The fourth-order valence-electron chi connectivity index (χ4n) is 2.81. The van der Waals surface area contributed by atoms with Crippen LogP contribution in [-0.2, 0) is 0 Å². The van der Waals surface area contributed by atoms with Gasteiger partial charge in [-0.25, -0.2) is 4.68 Å². The van der Waals surface area contributed by atoms with E-state index in [-0.39, 0.29) is 0 Å². The number of hydrogen-bond acceptors (Lipinski definition) is 1. The van der Waals surface area contributed by atoms with Gasteiger partial charge in [-0.3, -0.25) is 0 Å². The van der Waals surface area contributed by atoms with Crippen LogP contribution in [0.2, 0.25) is 5.02 Å². The van der Waals surface area contributed by atoms with Crippen LogP contribution < -0.4 is 0 Å². The van der Waals surface area contributed by atoms with Crippen LogP contribution in [0.15, 0.2) is 48.8 Å². The predicted molar refractivity (Wildman–Crippen MR) is 88.2 cm³/mol. The van der Waals surface area contributed by atoms with Gasteiger partial charge in [-0.1, -0.05) is 47.5 Å². The molecule has 2 nitrogen and oxygen atoms in total. The third-order valence-electron chi connectivity index (χ3n) is 3.63. The topological polar surface area (TPSA) is 17.8 Å². The largest absolute Gasteiger partial charge is 0.240 e. The van der Waals surface area contributed by atoms with E-state index in [1.54, 1.807) is 0 Å². The molecule has 0 aliphatic rings. The van der Waals surface area contributed by atoms with Crippen LogP contribution in [0.5, 0.6) is 0 Å². The molecule has 0 saturated carbocycles. The van der Waals surface area contributed by atoms with E-state index in [9.17, 15) is 0 Å². The van der Waals surface area contributed by atoms with Crippen LogP contribution in [0.25, 0.3) is 16.8 Å². The van der Waals surface area contributed by atoms with Crippen LogP contribution in [-0.4, -0.2) is 9.78 Å². The summed E-state index contributed by atoms with van der Waals surface area (Å²) in [5, 5.41) is 5.26. The van der Waals surface area contributed by atoms with Crippen LogP contribution in [0.4, 0.5) is 0 Å². The van der Waals surface area contributed by atoms with Crippen LogP contribution in [0, 0.1) is 20.8 Å². The Morgan fingerprint density at radius 2 is 1.67 bits per heavy atom. The monoisotopic (exact) mass is 296 g/mol. The summed E-state index contributed by atoms with van der Waals surface area (Å²) < 4.78 is 1.93. The second kappa shape index (κ2) is 5.38. The zero-order valence-electron chi connectivity index (χ0n) is 12.4. The van der Waals surface area contributed by atoms with Crippen molar-refractivity contribution < 1.29 is 0 Å². The van der Waals surface area contributed by atoms with Gasteiger partial charge in [0.15, 0.2) is 0 Å². The van der Waals surface area contributed by atoms with Crippen molar-refractivity contribution >= 4 is 11.6 Å². The van der Waals surface area contributed by atoms with E-state index in [1.165, 1.54) is 16.7 Å². The second-order valence-electron chi connectivity index (χ2n) is 5.40. The van der Waals surface area contributed by atoms with Gasteiger partial charge in [-0.2, -0.15) is 5.10 Å². The maximum atomic E-state index is 6.26. The summed E-state index contributed by atoms with van der Waals surface area (Å²) in [6.07, 6.45) is 3.89. The average molecular weight is 297 g/mol. The molecule has 3 heteroatoms. The summed E-state index contributed by atoms with van der Waals surface area (Å²) in [6, 6.07) is 12.2. The molecule has 1 aromatic heterocycles. The lowest BCUT2D eigenvalue weighted by Crippen LogP contribution is -2.01. The van der Waals surface area contributed by atoms with Gasteiger partial charge in [0.05, 0.1) is 11.9 Å². The minimum absolute atomic E-state index is 0.745. The number of aromatic nitrogens is 2. The minimum atomic E-state index is 0.745. The average Bonchev–Trinajstić information content (AvgIpc) is 2.87. The van der Waals surface area contributed by atoms with Gasteiger partial charge in [0, 0.05) is 22.3 Å². The molecule has 1 heterocycles. The first kappa shape index (κ1) is 13.9. The molecule has 3 aromatic rings. The predicted octanol–water partition coefficient (Wildman–Crippen LogP) is 5.12. The van der Waals surface area contributed by atoms with Crippen molar-refractivity contribution in [3.05, 3.63) is 70.5 Å². The van der Waals surface area contributed by atoms with Crippen LogP contribution >= 0.6 is 11.6 Å². The molecule has 21 heavy (non-hydrogen) atoms. The maximum Gasteiger partial charge on any atom is 0.0704 e. The van der Waals surface area contributed by atoms with Crippen LogP contribution in [0.3, 0.4) is 0 Å². The number of nitrogens with zero attached hydrogens (tertiary/aromatic N) is 2. The lowest BCUT2D eigenvalue weighted by atomic mass is 10.1. The van der Waals surface area contributed by atoms with Crippen molar-refractivity contribution in [2.45, 2.75) is 20.8 Å². The van der Waals surface area contributed by atoms with E-state index >= 15 is 0 Å². The first-order valence-electron chi connectivity index (χ1n) is 6.94. The van der Waals surface area contributed by atoms with Gasteiger partial charge >= 0.3 is 0 Å². The Labute approximate surface area is 130 Å². The first-order valence-corrected chi connectivity index (χ1v) is 7.32. The van der Waals surface area contributed by atoms with E-state index in [1.807, 2.05) is 41.3 Å². The molecule has 0 aliphatic carbocycles. The van der Waals surface area contributed by atoms with Gasteiger partial charge in [0.1, 0.15) is 0 Å². The van der Waals surface area contributed by atoms with Gasteiger partial charge in [0.25, 0.3) is 0 Å². The molecule has 0 atom stereocenters. The molecular formula is C18H17ClN2. The van der Waals surface area contributed by atoms with Crippen molar-refractivity contribution in [3.63, 3.8) is 0 Å². The molecule has 0 N–H and O–H groups in total. The molecule has 0 spiro atoms. The van der Waals surface area contributed by atoms with E-state index in [4.69, 9.17) is 11.6 Å². The van der Waals surface area contributed by atoms with E-state index in [0.29, 0.717) is 0 Å². The Balaban J connectivity index is 2.10. The van der Waals surface area contributed by atoms with E-state index in [0.717, 1.165) is 21.8 Å². The molecule has 0 saturated heterocycles. The number of benzene rings is 2. The van der Waals surface area contributed by atoms with Gasteiger partial charge in [0.2, 0.25) is 0 Å². The minimum Gasteiger partial charge on any atom is -0.240 e. The quantitative estimate of drug-likeness (QED) is 0.642. The van der Waals surface area contributed by atoms with E-state index < -0.39 is 0 Å². The lowest BCUT2D eigenvalue weighted by molar-refractivity contribution is 0.864. The van der Waals surface area contributed by atoms with Crippen LogP contribution in [0.1, 0.15) is 16.7 Å². The highest BCUT2D eigenvalue weighted by Gasteiger charge is 2.10. The maximum absolute atomic E-state index is 6.26. The molecule has 3 rings (SSSR count). The van der Waals surface area contributed by atoms with Gasteiger partial charge in [-0.15, -0.1) is 0 Å². The summed E-state index contributed by atoms with van der Waals surface area (Å²) in [5.74, 6) is 0. The summed E-state index contributed by atoms with van der Waals surface area (Å²) in [7, 11) is 0. The number of aryl methyl sites for hydroxylation is 3. The normalized spacial score (nSPS) is 10.9. The lowest BCUT2D eigenvalue weighted by Gasteiger charge is -2.11. The SMILES string of the molecule is Cc1cc(C)c(-n2cc(-c3ccccc3Cl)cn2)c(C)c1. The van der Waals surface area contributed by atoms with Crippen molar-refractivity contribution in [1.29, 1.82) is 0 Å². The summed E-state index contributed by atoms with van der Waals surface area (Å²) >= 11 is 6.26. The first-order chi connectivity index (χ1) is 10.1. The molecule has 0 bridgehead atoms. The Morgan fingerprint density at radius 3 is 2.33 bits per heavy atom. The van der Waals surface area contributed by atoms with Gasteiger partial charge in [-0.05, 0) is 38.0 Å². The summed E-state index contributed by atoms with van der Waals surface area (Å²) in [5.41, 5.74) is 6.89. The second-order valence-corrected chi connectivity index (χ2v) is 5.81. The van der Waals surface area contributed by atoms with Crippen molar-refractivity contribution in [2.24, 2.45) is 0 Å². The zero-order valence-corrected chi connectivity index (χ0v) is 13.1. The summed E-state index contributed by atoms with van der Waals surface area (Å²) in [4.78, 5) is 0. The Bertz CT molecular complexity index is 779. The number of halogens is 1. The number of hydrogen-bond donors (Lipinski definition) is 0. The fourth-order valence-corrected chi connectivity index (χ4v) is 3.06. The molecule has 0 amide bonds. The third-order valence-corrected chi connectivity index (χ3v) is 3.96. The Hall–Kier alpha value is -2.06. The van der Waals surface area contributed by atoms with Crippen molar-refractivity contribution in [1.82, 2.24) is 9.78 Å². The molecule has 0 radical (unpaired) electrons. The Kier molecular flexibility index (Phi) is 3.56. The smallest absolute Gasteiger partial charge is 0.0704 e. The Morgan fingerprint density at radius 1 is 1.00 bits per heavy atom. The highest BCUT2D eigenvalue weighted by Crippen LogP contribution is 2.29. The van der Waals surface area contributed by atoms with E-state index in [2.05, 4.69) is 38.0 Å². The molecule has 106 valence electrons. The van der Waals surface area contributed by atoms with Crippen molar-refractivity contribution in [2.75, 3.05) is 0 Å². The third kappa shape index (κ3) is 2.59. The fraction of sp³-hybridized carbons (Fsp3) is 0.167. The molecule has 0 aliphatic heterocycles. The standard InChI is InChI=1S/C18H17ClN2/c1-12-8-13(2)18(14(3)9-12)21-11-15(10-20-21)16-6-4-5-7-17(16)19/h4-11H,1-3H3. The van der Waals surface area contributed by atoms with Crippen molar-refractivity contribution in [3.8, 4) is 16.8 Å².